The Hall–Kier alpha value is -2.61. The molecule has 25 heavy (non-hydrogen) atoms. The number of rotatable bonds is 1. The van der Waals surface area contributed by atoms with E-state index in [1.165, 1.54) is 6.39 Å². The zero-order valence-electron chi connectivity index (χ0n) is 13.9. The Labute approximate surface area is 144 Å². The van der Waals surface area contributed by atoms with Crippen LogP contribution in [-0.2, 0) is 4.74 Å². The number of carbonyl (C=O) groups is 2. The van der Waals surface area contributed by atoms with Gasteiger partial charge in [0.2, 0.25) is 0 Å². The van der Waals surface area contributed by atoms with Crippen LogP contribution >= 0.6 is 0 Å². The first-order chi connectivity index (χ1) is 12.2. The molecule has 0 atom stereocenters. The van der Waals surface area contributed by atoms with Gasteiger partial charge in [-0.3, -0.25) is 4.79 Å². The number of amides is 3. The minimum atomic E-state index is -0.0385. The summed E-state index contributed by atoms with van der Waals surface area (Å²) in [7, 11) is 0. The summed E-state index contributed by atoms with van der Waals surface area (Å²) in [6.45, 7) is 4.62. The minimum Gasteiger partial charge on any atom is -0.443 e. The zero-order chi connectivity index (χ0) is 17.2. The number of aromatic nitrogens is 1. The molecular formula is C17H20N4O4. The third-order valence-corrected chi connectivity index (χ3v) is 4.70. The molecule has 4 rings (SSSR count). The number of fused-ring (bicyclic) bond motifs is 1. The van der Waals surface area contributed by atoms with E-state index in [0.717, 1.165) is 0 Å². The first-order valence-corrected chi connectivity index (χ1v) is 8.46. The molecule has 3 amide bonds. The minimum absolute atomic E-state index is 0.0385. The maximum absolute atomic E-state index is 12.7. The van der Waals surface area contributed by atoms with E-state index >= 15 is 0 Å². The van der Waals surface area contributed by atoms with Gasteiger partial charge in [0.1, 0.15) is 5.52 Å². The fourth-order valence-electron chi connectivity index (χ4n) is 3.23. The molecule has 0 bridgehead atoms. The van der Waals surface area contributed by atoms with Gasteiger partial charge in [0.25, 0.3) is 5.91 Å². The second-order valence-corrected chi connectivity index (χ2v) is 6.20. The summed E-state index contributed by atoms with van der Waals surface area (Å²) < 4.78 is 10.5. The maximum atomic E-state index is 12.7. The van der Waals surface area contributed by atoms with Crippen LogP contribution in [0.5, 0.6) is 0 Å². The number of nitrogens with zero attached hydrogens (tertiary/aromatic N) is 4. The van der Waals surface area contributed by atoms with Crippen molar-refractivity contribution in [2.45, 2.75) is 0 Å². The summed E-state index contributed by atoms with van der Waals surface area (Å²) in [6, 6.07) is 5.29. The Morgan fingerprint density at radius 2 is 1.60 bits per heavy atom. The molecule has 2 aromatic rings. The van der Waals surface area contributed by atoms with Gasteiger partial charge in [-0.05, 0) is 18.2 Å². The van der Waals surface area contributed by atoms with Crippen molar-refractivity contribution >= 4 is 23.0 Å². The van der Waals surface area contributed by atoms with Gasteiger partial charge in [0.05, 0.1) is 13.2 Å². The number of hydrogen-bond donors (Lipinski definition) is 0. The van der Waals surface area contributed by atoms with Crippen molar-refractivity contribution in [2.75, 3.05) is 52.5 Å². The van der Waals surface area contributed by atoms with Gasteiger partial charge >= 0.3 is 6.03 Å². The molecular weight excluding hydrogens is 324 g/mol. The highest BCUT2D eigenvalue weighted by Crippen LogP contribution is 2.17. The first-order valence-electron chi connectivity index (χ1n) is 8.46. The Balaban J connectivity index is 1.37. The first kappa shape index (κ1) is 15.9. The van der Waals surface area contributed by atoms with Crippen LogP contribution in [0.1, 0.15) is 10.4 Å². The molecule has 2 aliphatic rings. The number of hydrogen-bond acceptors (Lipinski definition) is 5. The number of piperazine rings is 1. The summed E-state index contributed by atoms with van der Waals surface area (Å²) in [5.74, 6) is -0.0385. The van der Waals surface area contributed by atoms with E-state index in [4.69, 9.17) is 9.15 Å². The maximum Gasteiger partial charge on any atom is 0.320 e. The Bertz CT molecular complexity index is 776. The van der Waals surface area contributed by atoms with Crippen molar-refractivity contribution in [1.82, 2.24) is 19.7 Å². The molecule has 1 aromatic heterocycles. The average Bonchev–Trinajstić information content (AvgIpc) is 3.15. The van der Waals surface area contributed by atoms with Crippen LogP contribution in [0.2, 0.25) is 0 Å². The summed E-state index contributed by atoms with van der Waals surface area (Å²) >= 11 is 0. The molecule has 8 heteroatoms. The summed E-state index contributed by atoms with van der Waals surface area (Å²) in [5.41, 5.74) is 1.93. The fraction of sp³-hybridized carbons (Fsp3) is 0.471. The molecule has 0 unspecified atom stereocenters. The lowest BCUT2D eigenvalue weighted by Gasteiger charge is -2.38. The van der Waals surface area contributed by atoms with Crippen LogP contribution in [0.3, 0.4) is 0 Å². The average molecular weight is 344 g/mol. The third-order valence-electron chi connectivity index (χ3n) is 4.70. The van der Waals surface area contributed by atoms with Crippen LogP contribution in [0.4, 0.5) is 4.79 Å². The summed E-state index contributed by atoms with van der Waals surface area (Å²) in [6.07, 6.45) is 1.37. The number of urea groups is 1. The van der Waals surface area contributed by atoms with Crippen molar-refractivity contribution in [3.8, 4) is 0 Å². The molecule has 3 heterocycles. The Morgan fingerprint density at radius 1 is 0.920 bits per heavy atom. The highest BCUT2D eigenvalue weighted by Gasteiger charge is 2.28. The monoisotopic (exact) mass is 344 g/mol. The van der Waals surface area contributed by atoms with Crippen LogP contribution in [0.15, 0.2) is 29.0 Å². The standard InChI is InChI=1S/C17H20N4O4/c22-16(13-1-2-15-14(11-13)18-12-25-15)19-3-5-20(6-4-19)17(23)21-7-9-24-10-8-21/h1-2,11-12H,3-10H2. The molecule has 8 nitrogen and oxygen atoms in total. The van der Waals surface area contributed by atoms with Crippen molar-refractivity contribution in [3.63, 3.8) is 0 Å². The molecule has 0 saturated carbocycles. The van der Waals surface area contributed by atoms with Crippen molar-refractivity contribution < 1.29 is 18.7 Å². The SMILES string of the molecule is O=C(c1ccc2ocnc2c1)N1CCN(C(=O)N2CCOCC2)CC1. The van der Waals surface area contributed by atoms with Crippen molar-refractivity contribution in [1.29, 1.82) is 0 Å². The number of benzene rings is 1. The van der Waals surface area contributed by atoms with E-state index in [9.17, 15) is 9.59 Å². The van der Waals surface area contributed by atoms with E-state index in [1.807, 2.05) is 9.80 Å². The largest absolute Gasteiger partial charge is 0.443 e. The predicted octanol–water partition coefficient (Wildman–Crippen LogP) is 1.04. The van der Waals surface area contributed by atoms with Gasteiger partial charge in [-0.2, -0.15) is 0 Å². The lowest BCUT2D eigenvalue weighted by molar-refractivity contribution is 0.0362. The molecule has 2 aliphatic heterocycles. The molecule has 0 spiro atoms. The van der Waals surface area contributed by atoms with Crippen LogP contribution in [-0.4, -0.2) is 84.1 Å². The molecule has 0 radical (unpaired) electrons. The number of morpholine rings is 1. The van der Waals surface area contributed by atoms with Gasteiger partial charge in [0, 0.05) is 44.8 Å². The van der Waals surface area contributed by atoms with Gasteiger partial charge in [0.15, 0.2) is 12.0 Å². The van der Waals surface area contributed by atoms with Gasteiger partial charge in [-0.25, -0.2) is 9.78 Å². The molecule has 0 aliphatic carbocycles. The molecule has 2 saturated heterocycles. The zero-order valence-corrected chi connectivity index (χ0v) is 13.9. The predicted molar refractivity (Wildman–Crippen MR) is 89.3 cm³/mol. The molecule has 0 N–H and O–H groups in total. The highest BCUT2D eigenvalue weighted by molar-refractivity contribution is 5.97. The van der Waals surface area contributed by atoms with Gasteiger partial charge in [-0.15, -0.1) is 0 Å². The Kier molecular flexibility index (Phi) is 4.27. The number of carbonyl (C=O) groups excluding carboxylic acids is 2. The molecule has 1 aromatic carbocycles. The third kappa shape index (κ3) is 3.17. The fourth-order valence-corrected chi connectivity index (χ4v) is 3.23. The van der Waals surface area contributed by atoms with Crippen LogP contribution in [0.25, 0.3) is 11.1 Å². The number of ether oxygens (including phenoxy) is 1. The normalized spacial score (nSPS) is 18.6. The van der Waals surface area contributed by atoms with E-state index in [0.29, 0.717) is 69.1 Å². The highest BCUT2D eigenvalue weighted by atomic mass is 16.5. The second-order valence-electron chi connectivity index (χ2n) is 6.20. The van der Waals surface area contributed by atoms with E-state index < -0.39 is 0 Å². The number of oxazole rings is 1. The molecule has 132 valence electrons. The molecule has 2 fully saturated rings. The quantitative estimate of drug-likeness (QED) is 0.772. The van der Waals surface area contributed by atoms with Gasteiger partial charge in [-0.1, -0.05) is 0 Å². The second kappa shape index (κ2) is 6.72. The summed E-state index contributed by atoms with van der Waals surface area (Å²) in [5, 5.41) is 0. The van der Waals surface area contributed by atoms with Gasteiger partial charge < -0.3 is 23.9 Å². The van der Waals surface area contributed by atoms with E-state index in [1.54, 1.807) is 23.1 Å². The lowest BCUT2D eigenvalue weighted by atomic mass is 10.1. The van der Waals surface area contributed by atoms with E-state index in [2.05, 4.69) is 4.98 Å². The summed E-state index contributed by atoms with van der Waals surface area (Å²) in [4.78, 5) is 34.7. The van der Waals surface area contributed by atoms with E-state index in [-0.39, 0.29) is 11.9 Å². The van der Waals surface area contributed by atoms with Crippen LogP contribution in [0, 0.1) is 0 Å². The van der Waals surface area contributed by atoms with Crippen molar-refractivity contribution in [2.24, 2.45) is 0 Å². The topological polar surface area (TPSA) is 79.1 Å². The van der Waals surface area contributed by atoms with Crippen molar-refractivity contribution in [3.05, 3.63) is 30.2 Å². The Morgan fingerprint density at radius 3 is 2.36 bits per heavy atom. The smallest absolute Gasteiger partial charge is 0.320 e. The van der Waals surface area contributed by atoms with Crippen LogP contribution < -0.4 is 0 Å². The lowest BCUT2D eigenvalue weighted by Crippen LogP contribution is -2.55.